The van der Waals surface area contributed by atoms with Crippen molar-refractivity contribution in [3.63, 3.8) is 0 Å². The average Bonchev–Trinajstić information content (AvgIpc) is 2.45. The lowest BCUT2D eigenvalue weighted by atomic mass is 10.00. The highest BCUT2D eigenvalue weighted by Crippen LogP contribution is 2.20. The number of allylic oxidation sites excluding steroid dienone is 1. The van der Waals surface area contributed by atoms with E-state index in [2.05, 4.69) is 31.0 Å². The third kappa shape index (κ3) is 6.23. The van der Waals surface area contributed by atoms with Crippen molar-refractivity contribution in [3.05, 3.63) is 48.6 Å². The van der Waals surface area contributed by atoms with E-state index < -0.39 is 0 Å². The summed E-state index contributed by atoms with van der Waals surface area (Å²) in [6.07, 6.45) is 7.63. The summed E-state index contributed by atoms with van der Waals surface area (Å²) < 4.78 is 0. The maximum atomic E-state index is 11.9. The number of nitrogens with one attached hydrogen (secondary N) is 1. The highest BCUT2D eigenvalue weighted by atomic mass is 16.1. The van der Waals surface area contributed by atoms with Gasteiger partial charge in [-0.3, -0.25) is 4.79 Å². The number of benzene rings is 1. The third-order valence-corrected chi connectivity index (χ3v) is 3.21. The first-order chi connectivity index (χ1) is 9.27. The van der Waals surface area contributed by atoms with Gasteiger partial charge in [0, 0.05) is 6.42 Å². The Kier molecular flexibility index (Phi) is 7.64. The lowest BCUT2D eigenvalue weighted by molar-refractivity contribution is -0.121. The molecule has 0 bridgehead atoms. The predicted molar refractivity (Wildman–Crippen MR) is 80.9 cm³/mol. The van der Waals surface area contributed by atoms with E-state index in [1.807, 2.05) is 18.2 Å². The molecule has 2 nitrogen and oxygen atoms in total. The van der Waals surface area contributed by atoms with Crippen molar-refractivity contribution in [2.45, 2.75) is 51.5 Å². The standard InChI is InChI=1S/C17H25NO/c1-3-5-8-13-16(15-11-9-7-10-12-15)18-17(19)14-6-4-2/h4,7,9-12,16H,2-3,5-6,8,13-14H2,1H3,(H,18,19). The molecule has 0 saturated carbocycles. The van der Waals surface area contributed by atoms with Gasteiger partial charge in [-0.2, -0.15) is 0 Å². The molecule has 1 aromatic carbocycles. The van der Waals surface area contributed by atoms with E-state index in [9.17, 15) is 4.79 Å². The highest BCUT2D eigenvalue weighted by Gasteiger charge is 2.13. The summed E-state index contributed by atoms with van der Waals surface area (Å²) in [4.78, 5) is 11.9. The van der Waals surface area contributed by atoms with Crippen LogP contribution in [0, 0.1) is 0 Å². The summed E-state index contributed by atoms with van der Waals surface area (Å²) in [6, 6.07) is 10.4. The van der Waals surface area contributed by atoms with Crippen molar-refractivity contribution in [1.29, 1.82) is 0 Å². The van der Waals surface area contributed by atoms with Gasteiger partial charge in [0.05, 0.1) is 6.04 Å². The molecular formula is C17H25NO. The SMILES string of the molecule is C=CCCC(=O)NC(CCCCC)c1ccccc1. The number of hydrogen-bond acceptors (Lipinski definition) is 1. The molecule has 0 heterocycles. The molecule has 1 N–H and O–H groups in total. The normalized spacial score (nSPS) is 11.8. The molecule has 0 aliphatic rings. The number of carbonyl (C=O) groups is 1. The quantitative estimate of drug-likeness (QED) is 0.517. The fourth-order valence-corrected chi connectivity index (χ4v) is 2.11. The molecule has 1 aromatic rings. The van der Waals surface area contributed by atoms with Crippen LogP contribution < -0.4 is 5.32 Å². The molecule has 1 amide bonds. The second-order valence-corrected chi connectivity index (χ2v) is 4.85. The minimum atomic E-state index is 0.116. The zero-order chi connectivity index (χ0) is 13.9. The van der Waals surface area contributed by atoms with Crippen molar-refractivity contribution < 1.29 is 4.79 Å². The van der Waals surface area contributed by atoms with E-state index in [0.29, 0.717) is 6.42 Å². The van der Waals surface area contributed by atoms with Gasteiger partial charge in [0.1, 0.15) is 0 Å². The van der Waals surface area contributed by atoms with Gasteiger partial charge < -0.3 is 5.32 Å². The second kappa shape index (κ2) is 9.37. The largest absolute Gasteiger partial charge is 0.349 e. The Morgan fingerprint density at radius 3 is 2.68 bits per heavy atom. The molecular weight excluding hydrogens is 234 g/mol. The van der Waals surface area contributed by atoms with Crippen molar-refractivity contribution in [3.8, 4) is 0 Å². The summed E-state index contributed by atoms with van der Waals surface area (Å²) in [5, 5.41) is 3.14. The first kappa shape index (κ1) is 15.5. The fraction of sp³-hybridized carbons (Fsp3) is 0.471. The Bertz CT molecular complexity index is 372. The van der Waals surface area contributed by atoms with Gasteiger partial charge in [0.2, 0.25) is 5.91 Å². The molecule has 1 rings (SSSR count). The summed E-state index contributed by atoms with van der Waals surface area (Å²) in [5.41, 5.74) is 1.20. The Morgan fingerprint density at radius 1 is 1.32 bits per heavy atom. The van der Waals surface area contributed by atoms with E-state index in [0.717, 1.165) is 19.3 Å². The van der Waals surface area contributed by atoms with Crippen LogP contribution in [-0.2, 0) is 4.79 Å². The van der Waals surface area contributed by atoms with Gasteiger partial charge in [-0.25, -0.2) is 0 Å². The molecule has 0 spiro atoms. The molecule has 0 aliphatic carbocycles. The van der Waals surface area contributed by atoms with Crippen molar-refractivity contribution >= 4 is 5.91 Å². The Morgan fingerprint density at radius 2 is 2.05 bits per heavy atom. The fourth-order valence-electron chi connectivity index (χ4n) is 2.11. The van der Waals surface area contributed by atoms with Gasteiger partial charge in [-0.1, -0.05) is 62.6 Å². The molecule has 0 radical (unpaired) electrons. The van der Waals surface area contributed by atoms with E-state index in [1.165, 1.54) is 18.4 Å². The zero-order valence-corrected chi connectivity index (χ0v) is 11.9. The smallest absolute Gasteiger partial charge is 0.220 e. The van der Waals surface area contributed by atoms with Crippen LogP contribution in [-0.4, -0.2) is 5.91 Å². The van der Waals surface area contributed by atoms with Crippen LogP contribution in [0.15, 0.2) is 43.0 Å². The van der Waals surface area contributed by atoms with Crippen LogP contribution in [0.5, 0.6) is 0 Å². The van der Waals surface area contributed by atoms with Crippen LogP contribution in [0.1, 0.15) is 57.1 Å². The van der Waals surface area contributed by atoms with E-state index in [-0.39, 0.29) is 11.9 Å². The Balaban J connectivity index is 2.59. The summed E-state index contributed by atoms with van der Waals surface area (Å²) in [6.45, 7) is 5.85. The minimum absolute atomic E-state index is 0.116. The molecule has 1 unspecified atom stereocenters. The monoisotopic (exact) mass is 259 g/mol. The second-order valence-electron chi connectivity index (χ2n) is 4.85. The third-order valence-electron chi connectivity index (χ3n) is 3.21. The van der Waals surface area contributed by atoms with Crippen LogP contribution >= 0.6 is 0 Å². The van der Waals surface area contributed by atoms with Gasteiger partial charge >= 0.3 is 0 Å². The van der Waals surface area contributed by atoms with E-state index in [4.69, 9.17) is 0 Å². The predicted octanol–water partition coefficient (Wildman–Crippen LogP) is 4.39. The van der Waals surface area contributed by atoms with E-state index >= 15 is 0 Å². The summed E-state index contributed by atoms with van der Waals surface area (Å²) >= 11 is 0. The molecule has 104 valence electrons. The minimum Gasteiger partial charge on any atom is -0.349 e. The first-order valence-corrected chi connectivity index (χ1v) is 7.23. The van der Waals surface area contributed by atoms with Gasteiger partial charge in [0.15, 0.2) is 0 Å². The molecule has 0 aromatic heterocycles. The van der Waals surface area contributed by atoms with Crippen molar-refractivity contribution in [1.82, 2.24) is 5.32 Å². The highest BCUT2D eigenvalue weighted by molar-refractivity contribution is 5.76. The first-order valence-electron chi connectivity index (χ1n) is 7.23. The Labute approximate surface area is 116 Å². The molecule has 0 fully saturated rings. The van der Waals surface area contributed by atoms with Gasteiger partial charge in [-0.05, 0) is 18.4 Å². The number of carbonyl (C=O) groups excluding carboxylic acids is 1. The number of hydrogen-bond donors (Lipinski definition) is 1. The molecule has 19 heavy (non-hydrogen) atoms. The number of rotatable bonds is 9. The van der Waals surface area contributed by atoms with Crippen molar-refractivity contribution in [2.75, 3.05) is 0 Å². The van der Waals surface area contributed by atoms with Crippen LogP contribution in [0.3, 0.4) is 0 Å². The van der Waals surface area contributed by atoms with E-state index in [1.54, 1.807) is 6.08 Å². The number of amides is 1. The molecule has 1 atom stereocenters. The zero-order valence-electron chi connectivity index (χ0n) is 11.9. The number of unbranched alkanes of at least 4 members (excludes halogenated alkanes) is 2. The topological polar surface area (TPSA) is 29.1 Å². The summed E-state index contributed by atoms with van der Waals surface area (Å²) in [5.74, 6) is 0.116. The molecule has 2 heteroatoms. The van der Waals surface area contributed by atoms with Crippen molar-refractivity contribution in [2.24, 2.45) is 0 Å². The van der Waals surface area contributed by atoms with Crippen LogP contribution in [0.2, 0.25) is 0 Å². The van der Waals surface area contributed by atoms with Gasteiger partial charge in [-0.15, -0.1) is 6.58 Å². The lowest BCUT2D eigenvalue weighted by Crippen LogP contribution is -2.28. The maximum Gasteiger partial charge on any atom is 0.220 e. The molecule has 0 aliphatic heterocycles. The average molecular weight is 259 g/mol. The lowest BCUT2D eigenvalue weighted by Gasteiger charge is -2.19. The van der Waals surface area contributed by atoms with Gasteiger partial charge in [0.25, 0.3) is 0 Å². The Hall–Kier alpha value is -1.57. The molecule has 0 saturated heterocycles. The van der Waals surface area contributed by atoms with Crippen LogP contribution in [0.4, 0.5) is 0 Å². The summed E-state index contributed by atoms with van der Waals surface area (Å²) in [7, 11) is 0. The van der Waals surface area contributed by atoms with Crippen LogP contribution in [0.25, 0.3) is 0 Å². The maximum absolute atomic E-state index is 11.9.